The van der Waals surface area contributed by atoms with E-state index in [0.717, 1.165) is 5.56 Å². The Balaban J connectivity index is 0. The first-order valence-corrected chi connectivity index (χ1v) is 8.72. The molecule has 0 saturated carbocycles. The Bertz CT molecular complexity index is 581. The number of aliphatic imine (C=N–C) groups is 1. The van der Waals surface area contributed by atoms with Gasteiger partial charge in [-0.2, -0.15) is 0 Å². The van der Waals surface area contributed by atoms with Crippen LogP contribution in [-0.2, 0) is 15.6 Å². The van der Waals surface area contributed by atoms with Crippen molar-refractivity contribution in [1.29, 1.82) is 0 Å². The molecule has 0 aliphatic carbocycles. The molecule has 1 N–H and O–H groups in total. The number of hydrogen-bond donors (Lipinski definition) is 1. The fourth-order valence-electron chi connectivity index (χ4n) is 2.44. The Morgan fingerprint density at radius 3 is 1.84 bits per heavy atom. The van der Waals surface area contributed by atoms with E-state index in [-0.39, 0.29) is 41.8 Å². The van der Waals surface area contributed by atoms with Crippen LogP contribution in [-0.4, -0.2) is 23.3 Å². The average Bonchev–Trinajstić information content (AvgIpc) is 2.40. The molecule has 0 aliphatic rings. The van der Waals surface area contributed by atoms with Gasteiger partial charge in [0, 0.05) is 6.21 Å². The van der Waals surface area contributed by atoms with Crippen LogP contribution in [0, 0.1) is 5.92 Å². The van der Waals surface area contributed by atoms with Crippen molar-refractivity contribution in [3.05, 3.63) is 34.9 Å². The van der Waals surface area contributed by atoms with Crippen LogP contribution < -0.4 is 29.6 Å². The van der Waals surface area contributed by atoms with Crippen molar-refractivity contribution in [3.8, 4) is 0 Å². The van der Waals surface area contributed by atoms with Crippen LogP contribution >= 0.6 is 0 Å². The molecule has 1 atom stereocenters. The summed E-state index contributed by atoms with van der Waals surface area (Å²) >= 11 is 0. The summed E-state index contributed by atoms with van der Waals surface area (Å²) < 4.78 is 0. The molecule has 4 heteroatoms. The molecule has 136 valence electrons. The third-order valence-electron chi connectivity index (χ3n) is 4.07. The molecule has 1 aromatic carbocycles. The first-order chi connectivity index (χ1) is 10.8. The predicted octanol–water partition coefficient (Wildman–Crippen LogP) is 2.32. The van der Waals surface area contributed by atoms with Crippen molar-refractivity contribution < 1.29 is 40.9 Å². The SMILES string of the molecule is CC(C)CC(N=Cc1cc(C(C)(C)C)cc(C(C)(C)C)c1)C(=O)O.[H-].[Na+]. The molecule has 0 heterocycles. The van der Waals surface area contributed by atoms with Gasteiger partial charge in [0.25, 0.3) is 0 Å². The Kier molecular flexibility index (Phi) is 9.10. The van der Waals surface area contributed by atoms with E-state index in [1.807, 2.05) is 13.8 Å². The topological polar surface area (TPSA) is 49.7 Å². The number of benzene rings is 1. The van der Waals surface area contributed by atoms with Crippen LogP contribution in [0.15, 0.2) is 23.2 Å². The second kappa shape index (κ2) is 9.34. The van der Waals surface area contributed by atoms with Gasteiger partial charge in [-0.05, 0) is 52.0 Å². The molecule has 0 saturated heterocycles. The van der Waals surface area contributed by atoms with Crippen LogP contribution in [0.2, 0.25) is 0 Å². The molecule has 0 bridgehead atoms. The predicted molar refractivity (Wildman–Crippen MR) is 103 cm³/mol. The summed E-state index contributed by atoms with van der Waals surface area (Å²) in [6.07, 6.45) is 2.28. The first-order valence-electron chi connectivity index (χ1n) is 8.72. The van der Waals surface area contributed by atoms with Crippen molar-refractivity contribution in [2.75, 3.05) is 0 Å². The summed E-state index contributed by atoms with van der Waals surface area (Å²) in [6.45, 7) is 17.2. The summed E-state index contributed by atoms with van der Waals surface area (Å²) in [4.78, 5) is 15.8. The minimum Gasteiger partial charge on any atom is -1.00 e. The fraction of sp³-hybridized carbons (Fsp3) is 0.619. The average molecular weight is 355 g/mol. The number of carboxylic acids is 1. The molecule has 0 aliphatic heterocycles. The van der Waals surface area contributed by atoms with Crippen molar-refractivity contribution in [3.63, 3.8) is 0 Å². The number of nitrogens with zero attached hydrogens (tertiary/aromatic N) is 1. The van der Waals surface area contributed by atoms with Crippen LogP contribution in [0.3, 0.4) is 0 Å². The van der Waals surface area contributed by atoms with Crippen molar-refractivity contribution >= 4 is 12.2 Å². The summed E-state index contributed by atoms with van der Waals surface area (Å²) in [7, 11) is 0. The van der Waals surface area contributed by atoms with Crippen molar-refractivity contribution in [2.45, 2.75) is 78.7 Å². The van der Waals surface area contributed by atoms with E-state index in [9.17, 15) is 9.90 Å². The van der Waals surface area contributed by atoms with E-state index in [4.69, 9.17) is 0 Å². The van der Waals surface area contributed by atoms with E-state index < -0.39 is 12.0 Å². The van der Waals surface area contributed by atoms with E-state index >= 15 is 0 Å². The maximum absolute atomic E-state index is 11.4. The van der Waals surface area contributed by atoms with Crippen LogP contribution in [0.4, 0.5) is 0 Å². The second-order valence-electron chi connectivity index (χ2n) is 9.11. The van der Waals surface area contributed by atoms with Gasteiger partial charge in [0.05, 0.1) is 0 Å². The van der Waals surface area contributed by atoms with Gasteiger partial charge in [0.2, 0.25) is 0 Å². The molecule has 1 rings (SSSR count). The third-order valence-corrected chi connectivity index (χ3v) is 4.07. The van der Waals surface area contributed by atoms with E-state index in [1.165, 1.54) is 11.1 Å². The molecule has 25 heavy (non-hydrogen) atoms. The van der Waals surface area contributed by atoms with E-state index in [0.29, 0.717) is 12.3 Å². The second-order valence-corrected chi connectivity index (χ2v) is 9.11. The number of carboxylic acid groups (broad SMARTS) is 1. The van der Waals surface area contributed by atoms with Crippen molar-refractivity contribution in [2.24, 2.45) is 10.9 Å². The fourth-order valence-corrected chi connectivity index (χ4v) is 2.44. The van der Waals surface area contributed by atoms with Gasteiger partial charge in [-0.25, -0.2) is 4.79 Å². The zero-order chi connectivity index (χ0) is 18.7. The maximum atomic E-state index is 11.4. The summed E-state index contributed by atoms with van der Waals surface area (Å²) in [5.41, 5.74) is 3.53. The zero-order valence-electron chi connectivity index (χ0n) is 18.5. The Hall–Kier alpha value is -0.640. The zero-order valence-corrected chi connectivity index (χ0v) is 19.5. The summed E-state index contributed by atoms with van der Waals surface area (Å²) in [5.74, 6) is -0.558. The molecular weight excluding hydrogens is 321 g/mol. The molecule has 3 nitrogen and oxygen atoms in total. The van der Waals surface area contributed by atoms with Crippen LogP contribution in [0.25, 0.3) is 0 Å². The normalized spacial score (nSPS) is 13.8. The first kappa shape index (κ1) is 24.4. The molecule has 0 radical (unpaired) electrons. The van der Waals surface area contributed by atoms with Gasteiger partial charge >= 0.3 is 35.5 Å². The quantitative estimate of drug-likeness (QED) is 0.651. The van der Waals surface area contributed by atoms with Gasteiger partial charge in [0.15, 0.2) is 0 Å². The maximum Gasteiger partial charge on any atom is 1.00 e. The van der Waals surface area contributed by atoms with E-state index in [1.54, 1.807) is 6.21 Å². The Labute approximate surface area is 177 Å². The molecule has 0 fully saturated rings. The smallest absolute Gasteiger partial charge is 1.00 e. The van der Waals surface area contributed by atoms with Crippen molar-refractivity contribution in [1.82, 2.24) is 0 Å². The molecule has 0 aromatic heterocycles. The molecule has 1 unspecified atom stereocenters. The molecule has 1 aromatic rings. The minimum atomic E-state index is -0.858. The number of rotatable bonds is 5. The van der Waals surface area contributed by atoms with Gasteiger partial charge < -0.3 is 6.53 Å². The summed E-state index contributed by atoms with van der Waals surface area (Å²) in [5, 5.41) is 9.35. The monoisotopic (exact) mass is 355 g/mol. The van der Waals surface area contributed by atoms with Gasteiger partial charge in [0.1, 0.15) is 6.04 Å². The molecule has 0 spiro atoms. The molecule has 0 amide bonds. The van der Waals surface area contributed by atoms with Crippen LogP contribution in [0.1, 0.15) is 79.9 Å². The van der Waals surface area contributed by atoms with Gasteiger partial charge in [-0.15, -0.1) is 0 Å². The van der Waals surface area contributed by atoms with Gasteiger partial charge in [-0.3, -0.25) is 4.99 Å². The van der Waals surface area contributed by atoms with Crippen LogP contribution in [0.5, 0.6) is 0 Å². The number of aliphatic carboxylic acids is 1. The third kappa shape index (κ3) is 8.06. The van der Waals surface area contributed by atoms with Gasteiger partial charge in [-0.1, -0.05) is 61.5 Å². The molecular formula is C21H34NNaO2. The summed E-state index contributed by atoms with van der Waals surface area (Å²) in [6, 6.07) is 5.81. The van der Waals surface area contributed by atoms with E-state index in [2.05, 4.69) is 64.7 Å². The number of carbonyl (C=O) groups is 1. The standard InChI is InChI=1S/C21H33NO2.Na.H/c1-14(2)9-18(19(23)24)22-13-15-10-16(20(3,4)5)12-17(11-15)21(6,7)8;;/h10-14,18H,9H2,1-8H3,(H,23,24);;/q;+1;-1. The minimum absolute atomic E-state index is 0. The largest absolute Gasteiger partial charge is 1.00 e. The number of hydrogen-bond acceptors (Lipinski definition) is 2. The Morgan fingerprint density at radius 1 is 1.08 bits per heavy atom. The Morgan fingerprint density at radius 2 is 1.52 bits per heavy atom.